The number of hydrogen-bond acceptors (Lipinski definition) is 3. The van der Waals surface area contributed by atoms with E-state index in [1.807, 2.05) is 18.2 Å². The van der Waals surface area contributed by atoms with Crippen LogP contribution in [0.15, 0.2) is 48.5 Å². The Morgan fingerprint density at radius 3 is 2.36 bits per heavy atom. The van der Waals surface area contributed by atoms with Gasteiger partial charge >= 0.3 is 0 Å². The van der Waals surface area contributed by atoms with Crippen LogP contribution in [-0.4, -0.2) is 20.2 Å². The van der Waals surface area contributed by atoms with E-state index in [1.54, 1.807) is 7.11 Å². The molecule has 2 atom stereocenters. The predicted molar refractivity (Wildman–Crippen MR) is 93.1 cm³/mol. The molecular formula is C19H26N2O. The molecule has 0 amide bonds. The topological polar surface area (TPSA) is 47.3 Å². The van der Waals surface area contributed by atoms with Crippen LogP contribution < -0.4 is 15.8 Å². The molecule has 118 valence electrons. The average Bonchev–Trinajstić information content (AvgIpc) is 2.59. The van der Waals surface area contributed by atoms with Crippen LogP contribution in [0.5, 0.6) is 5.75 Å². The second-order valence-corrected chi connectivity index (χ2v) is 5.79. The molecule has 0 heterocycles. The number of rotatable bonds is 7. The maximum absolute atomic E-state index is 5.66. The minimum absolute atomic E-state index is 0.320. The van der Waals surface area contributed by atoms with E-state index in [1.165, 1.54) is 11.1 Å². The molecule has 3 N–H and O–H groups in total. The zero-order chi connectivity index (χ0) is 15.9. The Kier molecular flexibility index (Phi) is 5.99. The van der Waals surface area contributed by atoms with Gasteiger partial charge in [0.1, 0.15) is 5.75 Å². The fourth-order valence-electron chi connectivity index (χ4n) is 2.41. The maximum atomic E-state index is 5.66. The lowest BCUT2D eigenvalue weighted by atomic mass is 10.0. The van der Waals surface area contributed by atoms with Crippen molar-refractivity contribution in [1.82, 2.24) is 5.32 Å². The Morgan fingerprint density at radius 2 is 1.73 bits per heavy atom. The largest absolute Gasteiger partial charge is 0.496 e. The van der Waals surface area contributed by atoms with Crippen molar-refractivity contribution in [1.29, 1.82) is 0 Å². The first kappa shape index (κ1) is 16.5. The highest BCUT2D eigenvalue weighted by Gasteiger charge is 2.09. The van der Waals surface area contributed by atoms with Crippen LogP contribution in [0.4, 0.5) is 0 Å². The summed E-state index contributed by atoms with van der Waals surface area (Å²) in [5, 5.41) is 3.53. The molecule has 0 aliphatic rings. The van der Waals surface area contributed by atoms with E-state index in [0.29, 0.717) is 18.5 Å². The van der Waals surface area contributed by atoms with Crippen LogP contribution in [0.2, 0.25) is 0 Å². The summed E-state index contributed by atoms with van der Waals surface area (Å²) < 4.78 is 5.43. The van der Waals surface area contributed by atoms with Gasteiger partial charge in [-0.25, -0.2) is 0 Å². The summed E-state index contributed by atoms with van der Waals surface area (Å²) >= 11 is 0. The molecule has 3 heteroatoms. The zero-order valence-electron chi connectivity index (χ0n) is 13.7. The molecule has 2 aromatic carbocycles. The molecule has 0 fully saturated rings. The number of hydrogen-bond donors (Lipinski definition) is 2. The number of para-hydroxylation sites is 1. The quantitative estimate of drug-likeness (QED) is 0.821. The van der Waals surface area contributed by atoms with Crippen LogP contribution >= 0.6 is 0 Å². The fraction of sp³-hybridized carbons (Fsp3) is 0.368. The summed E-state index contributed by atoms with van der Waals surface area (Å²) in [5.74, 6) is 1.40. The molecule has 1 unspecified atom stereocenters. The number of benzene rings is 2. The molecule has 0 aromatic heterocycles. The fourth-order valence-corrected chi connectivity index (χ4v) is 2.41. The van der Waals surface area contributed by atoms with Crippen LogP contribution in [0.1, 0.15) is 25.5 Å². The Bertz CT molecular complexity index is 580. The molecule has 0 saturated carbocycles. The predicted octanol–water partition coefficient (Wildman–Crippen LogP) is 3.61. The molecule has 0 aliphatic carbocycles. The number of methoxy groups -OCH3 is 1. The number of ether oxygens (including phenoxy) is 1. The molecule has 3 nitrogen and oxygen atoms in total. The van der Waals surface area contributed by atoms with Crippen molar-refractivity contribution in [2.45, 2.75) is 19.9 Å². The lowest BCUT2D eigenvalue weighted by Gasteiger charge is -2.17. The van der Waals surface area contributed by atoms with Crippen molar-refractivity contribution >= 4 is 0 Å². The van der Waals surface area contributed by atoms with E-state index in [2.05, 4.69) is 49.5 Å². The third-order valence-corrected chi connectivity index (χ3v) is 4.00. The zero-order valence-corrected chi connectivity index (χ0v) is 13.7. The highest BCUT2D eigenvalue weighted by atomic mass is 16.5. The molecule has 2 rings (SSSR count). The van der Waals surface area contributed by atoms with Crippen LogP contribution in [0.25, 0.3) is 11.1 Å². The molecule has 0 spiro atoms. The van der Waals surface area contributed by atoms with E-state index < -0.39 is 0 Å². The van der Waals surface area contributed by atoms with Crippen LogP contribution in [-0.2, 0) is 0 Å². The average molecular weight is 298 g/mol. The summed E-state index contributed by atoms with van der Waals surface area (Å²) in [6.07, 6.45) is 0. The van der Waals surface area contributed by atoms with E-state index in [9.17, 15) is 0 Å². The minimum atomic E-state index is 0.320. The van der Waals surface area contributed by atoms with E-state index in [4.69, 9.17) is 10.5 Å². The Morgan fingerprint density at radius 1 is 1.05 bits per heavy atom. The van der Waals surface area contributed by atoms with E-state index in [0.717, 1.165) is 17.9 Å². The van der Waals surface area contributed by atoms with Gasteiger partial charge in [0, 0.05) is 11.6 Å². The van der Waals surface area contributed by atoms with Gasteiger partial charge < -0.3 is 15.8 Å². The summed E-state index contributed by atoms with van der Waals surface area (Å²) in [7, 11) is 1.71. The highest BCUT2D eigenvalue weighted by Crippen LogP contribution is 2.30. The SMILES string of the molecule is COc1ccccc1-c1ccc(C(C)NC[C@@H](C)CN)cc1. The van der Waals surface area contributed by atoms with Crippen molar-refractivity contribution in [3.05, 3.63) is 54.1 Å². The third kappa shape index (κ3) is 4.09. The van der Waals surface area contributed by atoms with Gasteiger partial charge in [0.15, 0.2) is 0 Å². The second-order valence-electron chi connectivity index (χ2n) is 5.79. The normalized spacial score (nSPS) is 13.6. The van der Waals surface area contributed by atoms with Crippen molar-refractivity contribution in [2.75, 3.05) is 20.2 Å². The van der Waals surface area contributed by atoms with Crippen LogP contribution in [0, 0.1) is 5.92 Å². The van der Waals surface area contributed by atoms with Gasteiger partial charge in [-0.3, -0.25) is 0 Å². The van der Waals surface area contributed by atoms with Gasteiger partial charge in [-0.2, -0.15) is 0 Å². The third-order valence-electron chi connectivity index (χ3n) is 4.00. The number of nitrogens with one attached hydrogen (secondary N) is 1. The van der Waals surface area contributed by atoms with Gasteiger partial charge in [0.25, 0.3) is 0 Å². The summed E-state index contributed by atoms with van der Waals surface area (Å²) in [4.78, 5) is 0. The Balaban J connectivity index is 2.10. The molecule has 0 radical (unpaired) electrons. The van der Waals surface area contributed by atoms with Crippen molar-refractivity contribution in [2.24, 2.45) is 11.7 Å². The van der Waals surface area contributed by atoms with Crippen molar-refractivity contribution < 1.29 is 4.74 Å². The lowest BCUT2D eigenvalue weighted by molar-refractivity contribution is 0.416. The molecule has 0 bridgehead atoms. The monoisotopic (exact) mass is 298 g/mol. The smallest absolute Gasteiger partial charge is 0.126 e. The van der Waals surface area contributed by atoms with E-state index in [-0.39, 0.29) is 0 Å². The first-order valence-electron chi connectivity index (χ1n) is 7.82. The first-order valence-corrected chi connectivity index (χ1v) is 7.82. The highest BCUT2D eigenvalue weighted by molar-refractivity contribution is 5.70. The molecule has 0 aliphatic heterocycles. The first-order chi connectivity index (χ1) is 10.7. The molecule has 22 heavy (non-hydrogen) atoms. The Labute approximate surface area is 133 Å². The van der Waals surface area contributed by atoms with Gasteiger partial charge in [-0.1, -0.05) is 49.4 Å². The molecule has 0 saturated heterocycles. The summed E-state index contributed by atoms with van der Waals surface area (Å²) in [6, 6.07) is 17.1. The van der Waals surface area contributed by atoms with Gasteiger partial charge in [-0.05, 0) is 43.1 Å². The van der Waals surface area contributed by atoms with Gasteiger partial charge in [-0.15, -0.1) is 0 Å². The lowest BCUT2D eigenvalue weighted by Crippen LogP contribution is -2.28. The minimum Gasteiger partial charge on any atom is -0.496 e. The van der Waals surface area contributed by atoms with Gasteiger partial charge in [0.05, 0.1) is 7.11 Å². The Hall–Kier alpha value is -1.84. The molecular weight excluding hydrogens is 272 g/mol. The van der Waals surface area contributed by atoms with Gasteiger partial charge in [0.2, 0.25) is 0 Å². The number of nitrogens with two attached hydrogens (primary N) is 1. The van der Waals surface area contributed by atoms with Crippen LogP contribution in [0.3, 0.4) is 0 Å². The van der Waals surface area contributed by atoms with Crippen molar-refractivity contribution in [3.8, 4) is 16.9 Å². The molecule has 2 aromatic rings. The maximum Gasteiger partial charge on any atom is 0.126 e. The summed E-state index contributed by atoms with van der Waals surface area (Å²) in [5.41, 5.74) is 9.23. The van der Waals surface area contributed by atoms with E-state index >= 15 is 0 Å². The second kappa shape index (κ2) is 7.97. The van der Waals surface area contributed by atoms with Crippen molar-refractivity contribution in [3.63, 3.8) is 0 Å². The summed E-state index contributed by atoms with van der Waals surface area (Å²) in [6.45, 7) is 5.99. The standard InChI is InChI=1S/C19H26N2O/c1-14(12-20)13-21-15(2)16-8-10-17(11-9-16)18-6-4-5-7-19(18)22-3/h4-11,14-15,21H,12-13,20H2,1-3H3/t14-,15?/m0/s1.